The first-order valence-corrected chi connectivity index (χ1v) is 6.11. The van der Waals surface area contributed by atoms with E-state index in [1.54, 1.807) is 6.20 Å². The van der Waals surface area contributed by atoms with Gasteiger partial charge in [0.15, 0.2) is 5.75 Å². The van der Waals surface area contributed by atoms with E-state index in [0.29, 0.717) is 12.2 Å². The number of hydrogen-bond donors (Lipinski definition) is 1. The third-order valence-electron chi connectivity index (χ3n) is 2.81. The number of H-pyrrole nitrogens is 1. The number of aromatic nitrogens is 1. The van der Waals surface area contributed by atoms with Crippen LogP contribution in [0, 0.1) is 16.7 Å². The Hall–Kier alpha value is -2.28. The molecule has 1 aromatic heterocycles. The van der Waals surface area contributed by atoms with Crippen LogP contribution in [0.1, 0.15) is 26.3 Å². The zero-order valence-electron chi connectivity index (χ0n) is 11.3. The van der Waals surface area contributed by atoms with Crippen LogP contribution < -0.4 is 4.74 Å². The molecule has 0 unspecified atom stereocenters. The summed E-state index contributed by atoms with van der Waals surface area (Å²) in [7, 11) is 0. The fourth-order valence-electron chi connectivity index (χ4n) is 1.69. The van der Waals surface area contributed by atoms with Gasteiger partial charge in [-0.15, -0.1) is 0 Å². The van der Waals surface area contributed by atoms with Gasteiger partial charge in [0.05, 0.1) is 17.9 Å². The number of carbonyl (C=O) groups is 1. The standard InChI is InChI=1S/C15H16N2O2/c1-15(2,3)14(18)19-13-9-17-12-8-10(6-7-16)4-5-11(12)13/h4-5,8-9,17H,6H2,1-3H3. The first kappa shape index (κ1) is 13.2. The summed E-state index contributed by atoms with van der Waals surface area (Å²) in [4.78, 5) is 14.9. The molecule has 4 heteroatoms. The Kier molecular flexibility index (Phi) is 3.30. The van der Waals surface area contributed by atoms with Gasteiger partial charge in [0.25, 0.3) is 0 Å². The molecule has 0 amide bonds. The Labute approximate surface area is 112 Å². The molecule has 0 radical (unpaired) electrons. The molecular weight excluding hydrogens is 240 g/mol. The first-order valence-electron chi connectivity index (χ1n) is 6.11. The first-order chi connectivity index (χ1) is 8.91. The van der Waals surface area contributed by atoms with Gasteiger partial charge in [0, 0.05) is 17.1 Å². The predicted octanol–water partition coefficient (Wildman–Crippen LogP) is 3.19. The van der Waals surface area contributed by atoms with Crippen molar-refractivity contribution in [3.63, 3.8) is 0 Å². The van der Waals surface area contributed by atoms with E-state index in [4.69, 9.17) is 10.00 Å². The summed E-state index contributed by atoms with van der Waals surface area (Å²) in [5.74, 6) is 0.257. The third-order valence-corrected chi connectivity index (χ3v) is 2.81. The second kappa shape index (κ2) is 4.77. The van der Waals surface area contributed by atoms with Gasteiger partial charge < -0.3 is 9.72 Å². The number of nitrogens with zero attached hydrogens (tertiary/aromatic N) is 1. The highest BCUT2D eigenvalue weighted by atomic mass is 16.5. The fraction of sp³-hybridized carbons (Fsp3) is 0.333. The van der Waals surface area contributed by atoms with Crippen molar-refractivity contribution in [2.45, 2.75) is 27.2 Å². The second-order valence-electron chi connectivity index (χ2n) is 5.51. The molecule has 0 aliphatic carbocycles. The number of ether oxygens (including phenoxy) is 1. The molecule has 0 fully saturated rings. The molecule has 1 N–H and O–H groups in total. The highest BCUT2D eigenvalue weighted by Gasteiger charge is 2.24. The summed E-state index contributed by atoms with van der Waals surface area (Å²) < 4.78 is 5.40. The minimum Gasteiger partial charge on any atom is -0.424 e. The molecule has 0 spiro atoms. The summed E-state index contributed by atoms with van der Waals surface area (Å²) in [5.41, 5.74) is 1.26. The van der Waals surface area contributed by atoms with Crippen LogP contribution in [0.2, 0.25) is 0 Å². The van der Waals surface area contributed by atoms with Gasteiger partial charge >= 0.3 is 5.97 Å². The number of benzene rings is 1. The summed E-state index contributed by atoms with van der Waals surface area (Å²) in [6.45, 7) is 5.44. The molecular formula is C15H16N2O2. The van der Waals surface area contributed by atoms with E-state index < -0.39 is 5.41 Å². The number of esters is 1. The van der Waals surface area contributed by atoms with E-state index in [-0.39, 0.29) is 5.97 Å². The lowest BCUT2D eigenvalue weighted by molar-refractivity contribution is -0.142. The summed E-state index contributed by atoms with van der Waals surface area (Å²) in [6, 6.07) is 7.74. The van der Waals surface area contributed by atoms with E-state index in [1.807, 2.05) is 39.0 Å². The molecule has 0 aliphatic heterocycles. The number of hydrogen-bond acceptors (Lipinski definition) is 3. The molecule has 1 heterocycles. The number of carbonyl (C=O) groups excluding carboxylic acids is 1. The molecule has 0 aliphatic rings. The van der Waals surface area contributed by atoms with Gasteiger partial charge in [-0.25, -0.2) is 0 Å². The van der Waals surface area contributed by atoms with Crippen LogP contribution in [0.15, 0.2) is 24.4 Å². The molecule has 19 heavy (non-hydrogen) atoms. The van der Waals surface area contributed by atoms with Crippen LogP contribution in [0.3, 0.4) is 0 Å². The molecule has 2 aromatic rings. The van der Waals surface area contributed by atoms with Crippen LogP contribution in [-0.2, 0) is 11.2 Å². The van der Waals surface area contributed by atoms with Crippen LogP contribution in [0.4, 0.5) is 0 Å². The lowest BCUT2D eigenvalue weighted by Crippen LogP contribution is -2.25. The van der Waals surface area contributed by atoms with Gasteiger partial charge in [0.1, 0.15) is 0 Å². The Bertz CT molecular complexity index is 657. The molecule has 1 aromatic carbocycles. The zero-order valence-corrected chi connectivity index (χ0v) is 11.3. The van der Waals surface area contributed by atoms with Gasteiger partial charge in [-0.3, -0.25) is 4.79 Å². The van der Waals surface area contributed by atoms with Crippen LogP contribution in [0.5, 0.6) is 5.75 Å². The monoisotopic (exact) mass is 256 g/mol. The smallest absolute Gasteiger partial charge is 0.316 e. The SMILES string of the molecule is CC(C)(C)C(=O)Oc1c[nH]c2cc(CC#N)ccc12. The van der Waals surface area contributed by atoms with Crippen molar-refractivity contribution in [3.8, 4) is 11.8 Å². The zero-order chi connectivity index (χ0) is 14.0. The van der Waals surface area contributed by atoms with Crippen molar-refractivity contribution in [2.75, 3.05) is 0 Å². The van der Waals surface area contributed by atoms with E-state index in [1.165, 1.54) is 0 Å². The van der Waals surface area contributed by atoms with Crippen molar-refractivity contribution >= 4 is 16.9 Å². The fourth-order valence-corrected chi connectivity index (χ4v) is 1.69. The normalized spacial score (nSPS) is 11.3. The maximum Gasteiger partial charge on any atom is 0.316 e. The number of nitriles is 1. The van der Waals surface area contributed by atoms with Gasteiger partial charge in [-0.2, -0.15) is 5.26 Å². The molecule has 0 atom stereocenters. The average molecular weight is 256 g/mol. The van der Waals surface area contributed by atoms with Crippen molar-refractivity contribution < 1.29 is 9.53 Å². The number of rotatable bonds is 2. The number of aromatic amines is 1. The third kappa shape index (κ3) is 2.76. The minimum atomic E-state index is -0.537. The van der Waals surface area contributed by atoms with Gasteiger partial charge in [0.2, 0.25) is 0 Å². The van der Waals surface area contributed by atoms with Crippen LogP contribution in [0.25, 0.3) is 10.9 Å². The highest BCUT2D eigenvalue weighted by Crippen LogP contribution is 2.28. The van der Waals surface area contributed by atoms with Crippen molar-refractivity contribution in [2.24, 2.45) is 5.41 Å². The van der Waals surface area contributed by atoms with E-state index in [0.717, 1.165) is 16.5 Å². The molecule has 4 nitrogen and oxygen atoms in total. The Morgan fingerprint density at radius 2 is 2.16 bits per heavy atom. The molecule has 2 rings (SSSR count). The topological polar surface area (TPSA) is 65.9 Å². The Morgan fingerprint density at radius 1 is 1.42 bits per heavy atom. The second-order valence-corrected chi connectivity index (χ2v) is 5.51. The van der Waals surface area contributed by atoms with E-state index >= 15 is 0 Å². The predicted molar refractivity (Wildman–Crippen MR) is 72.7 cm³/mol. The maximum absolute atomic E-state index is 11.9. The molecule has 0 saturated carbocycles. The van der Waals surface area contributed by atoms with E-state index in [2.05, 4.69) is 11.1 Å². The van der Waals surface area contributed by atoms with Crippen molar-refractivity contribution in [3.05, 3.63) is 30.0 Å². The Morgan fingerprint density at radius 3 is 2.79 bits per heavy atom. The van der Waals surface area contributed by atoms with Gasteiger partial charge in [-0.1, -0.05) is 6.07 Å². The van der Waals surface area contributed by atoms with Crippen LogP contribution >= 0.6 is 0 Å². The lowest BCUT2D eigenvalue weighted by Gasteiger charge is -2.15. The van der Waals surface area contributed by atoms with Crippen molar-refractivity contribution in [1.82, 2.24) is 4.98 Å². The summed E-state index contributed by atoms with van der Waals surface area (Å²) in [5, 5.41) is 9.52. The largest absolute Gasteiger partial charge is 0.424 e. The maximum atomic E-state index is 11.9. The number of fused-ring (bicyclic) bond motifs is 1. The minimum absolute atomic E-state index is 0.269. The highest BCUT2D eigenvalue weighted by molar-refractivity contribution is 5.90. The summed E-state index contributed by atoms with van der Waals surface area (Å²) >= 11 is 0. The van der Waals surface area contributed by atoms with E-state index in [9.17, 15) is 4.79 Å². The summed E-state index contributed by atoms with van der Waals surface area (Å²) in [6.07, 6.45) is 2.04. The molecule has 0 saturated heterocycles. The quantitative estimate of drug-likeness (QED) is 0.839. The van der Waals surface area contributed by atoms with Crippen molar-refractivity contribution in [1.29, 1.82) is 5.26 Å². The molecule has 98 valence electrons. The average Bonchev–Trinajstić information content (AvgIpc) is 2.71. The number of nitrogens with one attached hydrogen (secondary N) is 1. The van der Waals surface area contributed by atoms with Crippen LogP contribution in [-0.4, -0.2) is 11.0 Å². The Balaban J connectivity index is 2.32. The lowest BCUT2D eigenvalue weighted by atomic mass is 9.97. The van der Waals surface area contributed by atoms with Gasteiger partial charge in [-0.05, 0) is 38.5 Å². The molecule has 0 bridgehead atoms.